The van der Waals surface area contributed by atoms with Crippen LogP contribution in [0.1, 0.15) is 24.0 Å². The number of piperidine rings is 1. The third-order valence-corrected chi connectivity index (χ3v) is 3.60. The summed E-state index contributed by atoms with van der Waals surface area (Å²) in [5.74, 6) is 0.878. The molecule has 0 bridgehead atoms. The predicted molar refractivity (Wildman–Crippen MR) is 68.5 cm³/mol. The van der Waals surface area contributed by atoms with Gasteiger partial charge in [-0.1, -0.05) is 6.07 Å². The Labute approximate surface area is 103 Å². The van der Waals surface area contributed by atoms with Gasteiger partial charge in [0.25, 0.3) is 0 Å². The largest absolute Gasteiger partial charge is 0.497 e. The fraction of sp³-hybridized carbons (Fsp3) is 0.571. The number of rotatable bonds is 3. The lowest BCUT2D eigenvalue weighted by molar-refractivity contribution is 0.0107. The summed E-state index contributed by atoms with van der Waals surface area (Å²) in [5.41, 5.74) is 1.87. The zero-order chi connectivity index (χ0) is 12.3. The van der Waals surface area contributed by atoms with Gasteiger partial charge >= 0.3 is 0 Å². The molecule has 1 aromatic carbocycles. The van der Waals surface area contributed by atoms with E-state index in [9.17, 15) is 5.11 Å². The molecule has 0 saturated carbocycles. The summed E-state index contributed by atoms with van der Waals surface area (Å²) in [5, 5.41) is 13.8. The van der Waals surface area contributed by atoms with Crippen molar-refractivity contribution in [3.05, 3.63) is 29.3 Å². The Morgan fingerprint density at radius 1 is 1.35 bits per heavy atom. The topological polar surface area (TPSA) is 41.5 Å². The molecule has 0 radical (unpaired) electrons. The summed E-state index contributed by atoms with van der Waals surface area (Å²) in [6.07, 6.45) is 2.40. The molecule has 0 aromatic heterocycles. The van der Waals surface area contributed by atoms with Crippen LogP contribution in [0.5, 0.6) is 5.75 Å². The van der Waals surface area contributed by atoms with E-state index in [2.05, 4.69) is 18.3 Å². The summed E-state index contributed by atoms with van der Waals surface area (Å²) in [6, 6.07) is 6.06. The van der Waals surface area contributed by atoms with E-state index in [0.717, 1.165) is 38.1 Å². The molecular weight excluding hydrogens is 214 g/mol. The molecular formula is C14H21NO2. The Morgan fingerprint density at radius 3 is 2.65 bits per heavy atom. The molecule has 1 aliphatic heterocycles. The number of ether oxygens (including phenoxy) is 1. The van der Waals surface area contributed by atoms with Crippen LogP contribution in [-0.4, -0.2) is 30.9 Å². The number of hydrogen-bond acceptors (Lipinski definition) is 3. The van der Waals surface area contributed by atoms with Gasteiger partial charge in [0.05, 0.1) is 12.7 Å². The maximum Gasteiger partial charge on any atom is 0.119 e. The maximum absolute atomic E-state index is 10.5. The van der Waals surface area contributed by atoms with Crippen LogP contribution in [0, 0.1) is 6.92 Å². The summed E-state index contributed by atoms with van der Waals surface area (Å²) in [6.45, 7) is 3.89. The minimum absolute atomic E-state index is 0.537. The summed E-state index contributed by atoms with van der Waals surface area (Å²) < 4.78 is 5.19. The number of methoxy groups -OCH3 is 1. The number of nitrogens with one attached hydrogen (secondary N) is 1. The van der Waals surface area contributed by atoms with Crippen molar-refractivity contribution in [2.75, 3.05) is 20.2 Å². The lowest BCUT2D eigenvalue weighted by Gasteiger charge is -2.33. The highest BCUT2D eigenvalue weighted by molar-refractivity contribution is 5.35. The number of hydrogen-bond donors (Lipinski definition) is 2. The van der Waals surface area contributed by atoms with Gasteiger partial charge in [0.1, 0.15) is 5.75 Å². The first-order valence-corrected chi connectivity index (χ1v) is 6.20. The van der Waals surface area contributed by atoms with Crippen molar-refractivity contribution in [2.45, 2.75) is 31.8 Å². The highest BCUT2D eigenvalue weighted by Crippen LogP contribution is 2.26. The van der Waals surface area contributed by atoms with Crippen molar-refractivity contribution in [3.63, 3.8) is 0 Å². The van der Waals surface area contributed by atoms with Crippen LogP contribution in [0.2, 0.25) is 0 Å². The quantitative estimate of drug-likeness (QED) is 0.837. The van der Waals surface area contributed by atoms with Crippen molar-refractivity contribution in [2.24, 2.45) is 0 Å². The molecule has 3 heteroatoms. The molecule has 17 heavy (non-hydrogen) atoms. The average Bonchev–Trinajstić information content (AvgIpc) is 2.32. The van der Waals surface area contributed by atoms with E-state index in [1.54, 1.807) is 7.11 Å². The van der Waals surface area contributed by atoms with Crippen molar-refractivity contribution >= 4 is 0 Å². The molecule has 94 valence electrons. The molecule has 0 unspecified atom stereocenters. The van der Waals surface area contributed by atoms with E-state index in [0.29, 0.717) is 0 Å². The van der Waals surface area contributed by atoms with Crippen LogP contribution in [0.4, 0.5) is 0 Å². The van der Waals surface area contributed by atoms with E-state index in [-0.39, 0.29) is 0 Å². The van der Waals surface area contributed by atoms with Crippen LogP contribution in [0.25, 0.3) is 0 Å². The first-order valence-electron chi connectivity index (χ1n) is 6.20. The SMILES string of the molecule is COc1ccc(CC2(O)CCNCC2)c(C)c1. The first-order chi connectivity index (χ1) is 8.13. The number of aryl methyl sites for hydroxylation is 1. The van der Waals surface area contributed by atoms with Crippen LogP contribution >= 0.6 is 0 Å². The first kappa shape index (κ1) is 12.4. The second kappa shape index (κ2) is 5.07. The Bertz CT molecular complexity index is 384. The molecule has 1 saturated heterocycles. The molecule has 0 atom stereocenters. The smallest absolute Gasteiger partial charge is 0.119 e. The second-order valence-corrected chi connectivity index (χ2v) is 4.94. The molecule has 3 nitrogen and oxygen atoms in total. The predicted octanol–water partition coefficient (Wildman–Crippen LogP) is 1.66. The van der Waals surface area contributed by atoms with Gasteiger partial charge in [-0.2, -0.15) is 0 Å². The van der Waals surface area contributed by atoms with Crippen molar-refractivity contribution in [3.8, 4) is 5.75 Å². The van der Waals surface area contributed by atoms with Crippen LogP contribution < -0.4 is 10.1 Å². The molecule has 1 fully saturated rings. The number of aliphatic hydroxyl groups is 1. The van der Waals surface area contributed by atoms with E-state index >= 15 is 0 Å². The van der Waals surface area contributed by atoms with Gasteiger partial charge in [-0.15, -0.1) is 0 Å². The van der Waals surface area contributed by atoms with Crippen molar-refractivity contribution in [1.82, 2.24) is 5.32 Å². The van der Waals surface area contributed by atoms with Crippen LogP contribution in [0.3, 0.4) is 0 Å². The van der Waals surface area contributed by atoms with E-state index < -0.39 is 5.60 Å². The molecule has 1 heterocycles. The summed E-state index contributed by atoms with van der Waals surface area (Å²) in [7, 11) is 1.68. The van der Waals surface area contributed by atoms with Crippen LogP contribution in [0.15, 0.2) is 18.2 Å². The standard InChI is InChI=1S/C14H21NO2/c1-11-9-13(17-2)4-3-12(11)10-14(16)5-7-15-8-6-14/h3-4,9,15-16H,5-8,10H2,1-2H3. The lowest BCUT2D eigenvalue weighted by atomic mass is 9.85. The number of benzene rings is 1. The second-order valence-electron chi connectivity index (χ2n) is 4.94. The summed E-state index contributed by atoms with van der Waals surface area (Å²) >= 11 is 0. The normalized spacial score (nSPS) is 19.0. The molecule has 2 N–H and O–H groups in total. The Morgan fingerprint density at radius 2 is 2.06 bits per heavy atom. The van der Waals surface area contributed by atoms with Gasteiger partial charge in [-0.25, -0.2) is 0 Å². The molecule has 1 aromatic rings. The molecule has 0 spiro atoms. The Hall–Kier alpha value is -1.06. The minimum Gasteiger partial charge on any atom is -0.497 e. The minimum atomic E-state index is -0.537. The van der Waals surface area contributed by atoms with E-state index in [4.69, 9.17) is 4.74 Å². The third-order valence-electron chi connectivity index (χ3n) is 3.60. The van der Waals surface area contributed by atoms with Gasteiger partial charge in [0.2, 0.25) is 0 Å². The fourth-order valence-electron chi connectivity index (χ4n) is 2.42. The van der Waals surface area contributed by atoms with Gasteiger partial charge in [0, 0.05) is 6.42 Å². The van der Waals surface area contributed by atoms with Crippen molar-refractivity contribution in [1.29, 1.82) is 0 Å². The summed E-state index contributed by atoms with van der Waals surface area (Å²) in [4.78, 5) is 0. The highest BCUT2D eigenvalue weighted by Gasteiger charge is 2.29. The monoisotopic (exact) mass is 235 g/mol. The van der Waals surface area contributed by atoms with Crippen molar-refractivity contribution < 1.29 is 9.84 Å². The van der Waals surface area contributed by atoms with Gasteiger partial charge in [-0.3, -0.25) is 0 Å². The van der Waals surface area contributed by atoms with Crippen LogP contribution in [-0.2, 0) is 6.42 Å². The Kier molecular flexibility index (Phi) is 3.69. The van der Waals surface area contributed by atoms with Gasteiger partial charge < -0.3 is 15.2 Å². The Balaban J connectivity index is 2.12. The van der Waals surface area contributed by atoms with E-state index in [1.807, 2.05) is 12.1 Å². The maximum atomic E-state index is 10.5. The third kappa shape index (κ3) is 2.99. The zero-order valence-corrected chi connectivity index (χ0v) is 10.6. The highest BCUT2D eigenvalue weighted by atomic mass is 16.5. The van der Waals surface area contributed by atoms with Gasteiger partial charge in [-0.05, 0) is 56.1 Å². The van der Waals surface area contributed by atoms with Gasteiger partial charge in [0.15, 0.2) is 0 Å². The molecule has 0 amide bonds. The molecule has 1 aliphatic rings. The van der Waals surface area contributed by atoms with E-state index in [1.165, 1.54) is 11.1 Å². The fourth-order valence-corrected chi connectivity index (χ4v) is 2.42. The average molecular weight is 235 g/mol. The molecule has 2 rings (SSSR count). The lowest BCUT2D eigenvalue weighted by Crippen LogP contribution is -2.43. The molecule has 0 aliphatic carbocycles. The zero-order valence-electron chi connectivity index (χ0n) is 10.6.